The Labute approximate surface area is 131 Å². The van der Waals surface area contributed by atoms with Crippen LogP contribution in [-0.2, 0) is 19.6 Å². The van der Waals surface area contributed by atoms with E-state index in [1.165, 1.54) is 17.7 Å². The van der Waals surface area contributed by atoms with Crippen LogP contribution in [0, 0.1) is 0 Å². The van der Waals surface area contributed by atoms with Gasteiger partial charge < -0.3 is 9.73 Å². The monoisotopic (exact) mass is 304 g/mol. The quantitative estimate of drug-likeness (QED) is 0.710. The molecule has 1 aliphatic carbocycles. The minimum absolute atomic E-state index is 0.749. The summed E-state index contributed by atoms with van der Waals surface area (Å²) in [7, 11) is 0. The summed E-state index contributed by atoms with van der Waals surface area (Å²) in [6, 6.07) is 9.34. The molecule has 0 aromatic carbocycles. The van der Waals surface area contributed by atoms with Crippen molar-refractivity contribution in [3.05, 3.63) is 46.0 Å². The minimum atomic E-state index is 0.749. The zero-order chi connectivity index (χ0) is 14.5. The van der Waals surface area contributed by atoms with Gasteiger partial charge in [0.2, 0.25) is 0 Å². The van der Waals surface area contributed by atoms with Gasteiger partial charge in [0.1, 0.15) is 11.5 Å². The SMILES string of the molecule is CCCNCc1ccc(CN(Cc2cccs2)C2CC2)o1. The van der Waals surface area contributed by atoms with Crippen LogP contribution >= 0.6 is 11.3 Å². The van der Waals surface area contributed by atoms with E-state index in [9.17, 15) is 0 Å². The predicted octanol–water partition coefficient (Wildman–Crippen LogP) is 4.01. The van der Waals surface area contributed by atoms with Crippen molar-refractivity contribution in [2.45, 2.75) is 51.9 Å². The van der Waals surface area contributed by atoms with Gasteiger partial charge in [0.25, 0.3) is 0 Å². The van der Waals surface area contributed by atoms with Crippen LogP contribution in [0.2, 0.25) is 0 Å². The van der Waals surface area contributed by atoms with Crippen LogP contribution in [0.25, 0.3) is 0 Å². The fourth-order valence-electron chi connectivity index (χ4n) is 2.55. The molecule has 0 radical (unpaired) electrons. The first-order valence-electron chi connectivity index (χ1n) is 7.90. The molecule has 0 unspecified atom stereocenters. The molecule has 0 saturated heterocycles. The highest BCUT2D eigenvalue weighted by molar-refractivity contribution is 7.09. The van der Waals surface area contributed by atoms with Crippen LogP contribution in [0.4, 0.5) is 0 Å². The molecule has 1 aliphatic rings. The Hall–Kier alpha value is -1.10. The summed E-state index contributed by atoms with van der Waals surface area (Å²) in [5.41, 5.74) is 0. The van der Waals surface area contributed by atoms with Gasteiger partial charge in [-0.1, -0.05) is 13.0 Å². The van der Waals surface area contributed by atoms with Crippen molar-refractivity contribution in [2.24, 2.45) is 0 Å². The fourth-order valence-corrected chi connectivity index (χ4v) is 3.28. The maximum atomic E-state index is 5.96. The van der Waals surface area contributed by atoms with E-state index in [-0.39, 0.29) is 0 Å². The highest BCUT2D eigenvalue weighted by Crippen LogP contribution is 2.30. The Morgan fingerprint density at radius 3 is 2.81 bits per heavy atom. The van der Waals surface area contributed by atoms with Crippen molar-refractivity contribution in [1.29, 1.82) is 0 Å². The Balaban J connectivity index is 1.55. The largest absolute Gasteiger partial charge is 0.463 e. The number of nitrogens with one attached hydrogen (secondary N) is 1. The Bertz CT molecular complexity index is 531. The number of rotatable bonds is 9. The summed E-state index contributed by atoms with van der Waals surface area (Å²) in [6.07, 6.45) is 3.82. The van der Waals surface area contributed by atoms with Gasteiger partial charge in [0.15, 0.2) is 0 Å². The topological polar surface area (TPSA) is 28.4 Å². The van der Waals surface area contributed by atoms with Crippen molar-refractivity contribution in [2.75, 3.05) is 6.54 Å². The summed E-state index contributed by atoms with van der Waals surface area (Å²) in [6.45, 7) is 6.03. The molecule has 3 rings (SSSR count). The molecule has 4 heteroatoms. The van der Waals surface area contributed by atoms with Crippen LogP contribution in [0.15, 0.2) is 34.1 Å². The molecule has 0 spiro atoms. The highest BCUT2D eigenvalue weighted by atomic mass is 32.1. The van der Waals surface area contributed by atoms with E-state index in [1.54, 1.807) is 0 Å². The third-order valence-electron chi connectivity index (χ3n) is 3.80. The second kappa shape index (κ2) is 7.25. The van der Waals surface area contributed by atoms with Crippen LogP contribution in [0.1, 0.15) is 42.6 Å². The molecular formula is C17H24N2OS. The van der Waals surface area contributed by atoms with E-state index in [2.05, 4.69) is 46.8 Å². The number of thiophene rings is 1. The molecule has 2 aromatic heterocycles. The van der Waals surface area contributed by atoms with E-state index < -0.39 is 0 Å². The molecule has 0 bridgehead atoms. The van der Waals surface area contributed by atoms with Gasteiger partial charge in [-0.3, -0.25) is 4.90 Å². The van der Waals surface area contributed by atoms with Crippen molar-refractivity contribution in [1.82, 2.24) is 10.2 Å². The second-order valence-electron chi connectivity index (χ2n) is 5.76. The maximum absolute atomic E-state index is 5.96. The van der Waals surface area contributed by atoms with Gasteiger partial charge in [-0.25, -0.2) is 0 Å². The lowest BCUT2D eigenvalue weighted by molar-refractivity contribution is 0.224. The lowest BCUT2D eigenvalue weighted by Crippen LogP contribution is -2.24. The van der Waals surface area contributed by atoms with Crippen molar-refractivity contribution >= 4 is 11.3 Å². The number of furan rings is 1. The van der Waals surface area contributed by atoms with E-state index in [1.807, 2.05) is 11.3 Å². The van der Waals surface area contributed by atoms with Gasteiger partial charge >= 0.3 is 0 Å². The lowest BCUT2D eigenvalue weighted by Gasteiger charge is -2.19. The first kappa shape index (κ1) is 14.8. The molecule has 21 heavy (non-hydrogen) atoms. The van der Waals surface area contributed by atoms with Crippen LogP contribution in [-0.4, -0.2) is 17.5 Å². The third-order valence-corrected chi connectivity index (χ3v) is 4.67. The van der Waals surface area contributed by atoms with E-state index in [0.29, 0.717) is 0 Å². The smallest absolute Gasteiger partial charge is 0.118 e. The molecule has 2 aromatic rings. The summed E-state index contributed by atoms with van der Waals surface area (Å²) in [5.74, 6) is 2.14. The summed E-state index contributed by atoms with van der Waals surface area (Å²) >= 11 is 1.84. The average molecular weight is 304 g/mol. The molecule has 0 amide bonds. The molecule has 2 heterocycles. The molecule has 3 nitrogen and oxygen atoms in total. The molecule has 1 saturated carbocycles. The Kier molecular flexibility index (Phi) is 5.12. The summed E-state index contributed by atoms with van der Waals surface area (Å²) in [4.78, 5) is 3.99. The van der Waals surface area contributed by atoms with E-state index in [4.69, 9.17) is 4.42 Å². The Morgan fingerprint density at radius 1 is 1.24 bits per heavy atom. The van der Waals surface area contributed by atoms with Crippen molar-refractivity contribution < 1.29 is 4.42 Å². The second-order valence-corrected chi connectivity index (χ2v) is 6.79. The minimum Gasteiger partial charge on any atom is -0.463 e. The normalized spacial score (nSPS) is 15.0. The summed E-state index contributed by atoms with van der Waals surface area (Å²) in [5, 5.41) is 5.54. The molecule has 1 fully saturated rings. The first-order valence-corrected chi connectivity index (χ1v) is 8.78. The van der Waals surface area contributed by atoms with Gasteiger partial charge in [0, 0.05) is 17.5 Å². The average Bonchev–Trinajstić information content (AvgIpc) is 3.03. The molecule has 114 valence electrons. The van der Waals surface area contributed by atoms with Gasteiger partial charge in [-0.2, -0.15) is 0 Å². The number of hydrogen-bond donors (Lipinski definition) is 1. The number of hydrogen-bond acceptors (Lipinski definition) is 4. The van der Waals surface area contributed by atoms with Crippen LogP contribution < -0.4 is 5.32 Å². The molecular weight excluding hydrogens is 280 g/mol. The summed E-state index contributed by atoms with van der Waals surface area (Å²) < 4.78 is 5.96. The maximum Gasteiger partial charge on any atom is 0.118 e. The van der Waals surface area contributed by atoms with E-state index in [0.717, 1.165) is 50.2 Å². The fraction of sp³-hybridized carbons (Fsp3) is 0.529. The van der Waals surface area contributed by atoms with Gasteiger partial charge in [-0.15, -0.1) is 11.3 Å². The molecule has 0 aliphatic heterocycles. The zero-order valence-electron chi connectivity index (χ0n) is 12.7. The molecule has 1 N–H and O–H groups in total. The standard InChI is InChI=1S/C17H24N2OS/c1-2-9-18-11-15-7-8-16(20-15)12-19(14-5-6-14)13-17-4-3-10-21-17/h3-4,7-8,10,14,18H,2,5-6,9,11-13H2,1H3. The zero-order valence-corrected chi connectivity index (χ0v) is 13.5. The highest BCUT2D eigenvalue weighted by Gasteiger charge is 2.29. The third kappa shape index (κ3) is 4.43. The first-order chi connectivity index (χ1) is 10.3. The van der Waals surface area contributed by atoms with Gasteiger partial charge in [0.05, 0.1) is 13.1 Å². The lowest BCUT2D eigenvalue weighted by atomic mass is 10.3. The molecule has 0 atom stereocenters. The predicted molar refractivity (Wildman–Crippen MR) is 87.3 cm³/mol. The van der Waals surface area contributed by atoms with Crippen molar-refractivity contribution in [3.63, 3.8) is 0 Å². The van der Waals surface area contributed by atoms with Crippen LogP contribution in [0.3, 0.4) is 0 Å². The Morgan fingerprint density at radius 2 is 2.10 bits per heavy atom. The van der Waals surface area contributed by atoms with Crippen LogP contribution in [0.5, 0.6) is 0 Å². The van der Waals surface area contributed by atoms with E-state index >= 15 is 0 Å². The number of nitrogens with zero attached hydrogens (tertiary/aromatic N) is 1. The van der Waals surface area contributed by atoms with Crippen molar-refractivity contribution in [3.8, 4) is 0 Å². The van der Waals surface area contributed by atoms with Gasteiger partial charge in [-0.05, 0) is 49.4 Å².